The van der Waals surface area contributed by atoms with Crippen LogP contribution in [0.15, 0.2) is 24.3 Å². The smallest absolute Gasteiger partial charge is 0.228 e. The number of rotatable bonds is 1. The van der Waals surface area contributed by atoms with Gasteiger partial charge in [-0.1, -0.05) is 18.2 Å². The number of carbonyl (C=O) groups is 1. The van der Waals surface area contributed by atoms with E-state index in [4.69, 9.17) is 4.74 Å². The zero-order valence-corrected chi connectivity index (χ0v) is 14.5. The molecule has 2 aromatic rings. The van der Waals surface area contributed by atoms with Gasteiger partial charge in [-0.05, 0) is 37.3 Å². The molecule has 5 rings (SSSR count). The van der Waals surface area contributed by atoms with Gasteiger partial charge >= 0.3 is 0 Å². The topological polar surface area (TPSA) is 57.4 Å². The highest BCUT2D eigenvalue weighted by Crippen LogP contribution is 2.40. The Morgan fingerprint density at radius 1 is 1.24 bits per heavy atom. The van der Waals surface area contributed by atoms with Crippen molar-refractivity contribution in [2.45, 2.75) is 31.2 Å². The highest BCUT2D eigenvalue weighted by Gasteiger charge is 2.42. The predicted octanol–water partition coefficient (Wildman–Crippen LogP) is 2.17. The summed E-state index contributed by atoms with van der Waals surface area (Å²) in [5.74, 6) is 0.372. The van der Waals surface area contributed by atoms with E-state index in [1.54, 1.807) is 0 Å². The minimum absolute atomic E-state index is 0.00441. The molecule has 132 valence electrons. The summed E-state index contributed by atoms with van der Waals surface area (Å²) in [5, 5.41) is 5.15. The first-order valence-electron chi connectivity index (χ1n) is 9.48. The van der Waals surface area contributed by atoms with Crippen molar-refractivity contribution in [3.05, 3.63) is 35.5 Å². The monoisotopic (exact) mass is 339 g/mol. The Kier molecular flexibility index (Phi) is 3.61. The Morgan fingerprint density at radius 3 is 2.88 bits per heavy atom. The number of likely N-dealkylation sites (tertiary alicyclic amines) is 1. The highest BCUT2D eigenvalue weighted by atomic mass is 16.5. The molecule has 2 N–H and O–H groups in total. The fourth-order valence-electron chi connectivity index (χ4n) is 4.91. The minimum atomic E-state index is -0.00441. The third-order valence-corrected chi connectivity index (χ3v) is 6.34. The molecule has 1 spiro atoms. The molecule has 0 saturated carbocycles. The maximum absolute atomic E-state index is 12.7. The van der Waals surface area contributed by atoms with Gasteiger partial charge in [0.15, 0.2) is 0 Å². The third-order valence-electron chi connectivity index (χ3n) is 6.34. The zero-order valence-electron chi connectivity index (χ0n) is 14.5. The van der Waals surface area contributed by atoms with E-state index in [1.807, 2.05) is 0 Å². The van der Waals surface area contributed by atoms with Crippen LogP contribution in [0.5, 0.6) is 0 Å². The van der Waals surface area contributed by atoms with E-state index in [0.717, 1.165) is 51.9 Å². The van der Waals surface area contributed by atoms with E-state index < -0.39 is 0 Å². The van der Waals surface area contributed by atoms with Gasteiger partial charge in [-0.25, -0.2) is 0 Å². The predicted molar refractivity (Wildman–Crippen MR) is 96.4 cm³/mol. The number of aromatic amines is 1. The first-order valence-corrected chi connectivity index (χ1v) is 9.48. The fourth-order valence-corrected chi connectivity index (χ4v) is 4.91. The number of ether oxygens (including phenoxy) is 1. The number of benzene rings is 1. The molecule has 4 heterocycles. The van der Waals surface area contributed by atoms with Crippen molar-refractivity contribution >= 4 is 16.8 Å². The Labute approximate surface area is 147 Å². The van der Waals surface area contributed by atoms with Crippen molar-refractivity contribution in [3.63, 3.8) is 0 Å². The van der Waals surface area contributed by atoms with Gasteiger partial charge in [0.2, 0.25) is 5.91 Å². The van der Waals surface area contributed by atoms with Crippen molar-refractivity contribution in [1.82, 2.24) is 15.2 Å². The average Bonchev–Trinajstić information content (AvgIpc) is 3.31. The largest absolute Gasteiger partial charge is 0.381 e. The average molecular weight is 339 g/mol. The van der Waals surface area contributed by atoms with Crippen LogP contribution in [-0.4, -0.2) is 48.6 Å². The molecule has 1 amide bonds. The van der Waals surface area contributed by atoms with Crippen LogP contribution < -0.4 is 5.32 Å². The lowest BCUT2D eigenvalue weighted by Crippen LogP contribution is -2.55. The summed E-state index contributed by atoms with van der Waals surface area (Å²) in [6.45, 7) is 4.01. The van der Waals surface area contributed by atoms with Crippen molar-refractivity contribution in [1.29, 1.82) is 0 Å². The Bertz CT molecular complexity index is 798. The Morgan fingerprint density at radius 2 is 2.08 bits per heavy atom. The van der Waals surface area contributed by atoms with Gasteiger partial charge < -0.3 is 19.9 Å². The van der Waals surface area contributed by atoms with E-state index in [-0.39, 0.29) is 11.5 Å². The highest BCUT2D eigenvalue weighted by molar-refractivity contribution is 5.85. The normalized spacial score (nSPS) is 25.4. The number of fused-ring (bicyclic) bond motifs is 4. The van der Waals surface area contributed by atoms with E-state index >= 15 is 0 Å². The molecule has 1 aromatic carbocycles. The maximum Gasteiger partial charge on any atom is 0.228 e. The molecule has 1 unspecified atom stereocenters. The number of nitrogens with one attached hydrogen (secondary N) is 2. The van der Waals surface area contributed by atoms with E-state index in [2.05, 4.69) is 39.5 Å². The van der Waals surface area contributed by atoms with Crippen LogP contribution in [0.1, 0.15) is 30.5 Å². The number of piperidine rings is 1. The van der Waals surface area contributed by atoms with Crippen molar-refractivity contribution in [2.75, 3.05) is 32.8 Å². The molecular formula is C20H25N3O2. The van der Waals surface area contributed by atoms with Gasteiger partial charge in [-0.15, -0.1) is 0 Å². The number of para-hydroxylation sites is 1. The summed E-state index contributed by atoms with van der Waals surface area (Å²) in [7, 11) is 0. The summed E-state index contributed by atoms with van der Waals surface area (Å²) < 4.78 is 5.39. The van der Waals surface area contributed by atoms with Gasteiger partial charge in [0.1, 0.15) is 0 Å². The molecule has 5 nitrogen and oxygen atoms in total. The lowest BCUT2D eigenvalue weighted by Gasteiger charge is -2.45. The molecule has 0 aliphatic carbocycles. The second-order valence-corrected chi connectivity index (χ2v) is 7.67. The van der Waals surface area contributed by atoms with Crippen LogP contribution in [0.3, 0.4) is 0 Å². The Balaban J connectivity index is 1.40. The minimum Gasteiger partial charge on any atom is -0.381 e. The summed E-state index contributed by atoms with van der Waals surface area (Å²) in [4.78, 5) is 18.4. The van der Waals surface area contributed by atoms with Gasteiger partial charge in [-0.2, -0.15) is 0 Å². The first kappa shape index (κ1) is 15.4. The number of amides is 1. The standard InChI is InChI=1S/C20H25N3O2/c24-19(14-6-12-25-13-14)23-10-7-20(8-11-23)18-16(5-9-21-20)15-3-1-2-4-17(15)22-18/h1-4,14,21-22H,5-13H2. The molecule has 2 saturated heterocycles. The van der Waals surface area contributed by atoms with E-state index in [1.165, 1.54) is 22.2 Å². The molecule has 1 aromatic heterocycles. The molecule has 3 aliphatic heterocycles. The zero-order chi connectivity index (χ0) is 16.9. The third kappa shape index (κ3) is 2.41. The number of nitrogens with zero attached hydrogens (tertiary/aromatic N) is 1. The lowest BCUT2D eigenvalue weighted by atomic mass is 9.79. The second-order valence-electron chi connectivity index (χ2n) is 7.67. The molecule has 0 radical (unpaired) electrons. The molecule has 5 heteroatoms. The maximum atomic E-state index is 12.7. The van der Waals surface area contributed by atoms with Crippen LogP contribution in [0.4, 0.5) is 0 Å². The first-order chi connectivity index (χ1) is 12.3. The summed E-state index contributed by atoms with van der Waals surface area (Å²) >= 11 is 0. The van der Waals surface area contributed by atoms with Crippen LogP contribution >= 0.6 is 0 Å². The SMILES string of the molecule is O=C(C1CCOC1)N1CCC2(CC1)NCCc1c2[nH]c2ccccc12. The summed E-state index contributed by atoms with van der Waals surface area (Å²) in [5.41, 5.74) is 4.06. The van der Waals surface area contributed by atoms with Gasteiger partial charge in [0.25, 0.3) is 0 Å². The number of hydrogen-bond donors (Lipinski definition) is 2. The molecule has 2 fully saturated rings. The molecular weight excluding hydrogens is 314 g/mol. The number of H-pyrrole nitrogens is 1. The van der Waals surface area contributed by atoms with Crippen LogP contribution in [0, 0.1) is 5.92 Å². The number of aromatic nitrogens is 1. The van der Waals surface area contributed by atoms with Crippen LogP contribution in [-0.2, 0) is 21.5 Å². The number of carbonyl (C=O) groups excluding carboxylic acids is 1. The summed E-state index contributed by atoms with van der Waals surface area (Å²) in [6.07, 6.45) is 3.91. The van der Waals surface area contributed by atoms with Gasteiger partial charge in [-0.3, -0.25) is 4.79 Å². The molecule has 1 atom stereocenters. The van der Waals surface area contributed by atoms with Crippen LogP contribution in [0.2, 0.25) is 0 Å². The van der Waals surface area contributed by atoms with Crippen molar-refractivity contribution in [3.8, 4) is 0 Å². The molecule has 0 bridgehead atoms. The Hall–Kier alpha value is -1.85. The fraction of sp³-hybridized carbons (Fsp3) is 0.550. The lowest BCUT2D eigenvalue weighted by molar-refractivity contribution is -0.137. The number of hydrogen-bond acceptors (Lipinski definition) is 3. The van der Waals surface area contributed by atoms with Crippen LogP contribution in [0.25, 0.3) is 10.9 Å². The van der Waals surface area contributed by atoms with Gasteiger partial charge in [0, 0.05) is 42.8 Å². The quantitative estimate of drug-likeness (QED) is 0.837. The molecule has 3 aliphatic rings. The summed E-state index contributed by atoms with van der Waals surface area (Å²) in [6, 6.07) is 8.61. The van der Waals surface area contributed by atoms with E-state index in [0.29, 0.717) is 12.5 Å². The van der Waals surface area contributed by atoms with Gasteiger partial charge in [0.05, 0.1) is 18.1 Å². The molecule has 25 heavy (non-hydrogen) atoms. The van der Waals surface area contributed by atoms with Crippen molar-refractivity contribution in [2.24, 2.45) is 5.92 Å². The van der Waals surface area contributed by atoms with E-state index in [9.17, 15) is 4.79 Å². The van der Waals surface area contributed by atoms with Crippen molar-refractivity contribution < 1.29 is 9.53 Å². The second kappa shape index (κ2) is 5.85.